The number of aromatic nitrogens is 3. The van der Waals surface area contributed by atoms with Gasteiger partial charge in [-0.15, -0.1) is 11.3 Å². The maximum atomic E-state index is 13.6. The second kappa shape index (κ2) is 6.73. The first-order chi connectivity index (χ1) is 12.6. The van der Waals surface area contributed by atoms with Gasteiger partial charge in [0.1, 0.15) is 5.69 Å². The molecular formula is C18H15ClF2IN3OS. The highest BCUT2D eigenvalue weighted by Gasteiger charge is 2.38. The monoisotopic (exact) mass is 521 g/mol. The lowest BCUT2D eigenvalue weighted by Crippen LogP contribution is -2.17. The lowest BCUT2D eigenvalue weighted by molar-refractivity contribution is 0.122. The summed E-state index contributed by atoms with van der Waals surface area (Å²) in [5.74, 6) is 0.983. The largest absolute Gasteiger partial charge is 0.337 e. The smallest absolute Gasteiger partial charge is 0.269 e. The first kappa shape index (κ1) is 19.2. The topological polar surface area (TPSA) is 47.3 Å². The van der Waals surface area contributed by atoms with Crippen molar-refractivity contribution in [1.29, 1.82) is 0 Å². The molecule has 0 bridgehead atoms. The van der Waals surface area contributed by atoms with Crippen LogP contribution in [0.4, 0.5) is 8.78 Å². The van der Waals surface area contributed by atoms with E-state index < -0.39 is 3.93 Å². The maximum absolute atomic E-state index is 13.6. The third-order valence-corrected chi connectivity index (χ3v) is 6.67. The van der Waals surface area contributed by atoms with Crippen LogP contribution < -0.4 is 5.56 Å². The number of hydrogen-bond donors (Lipinski definition) is 0. The standard InChI is InChI=1S/C18H15ClF2IN3OS/c1-8-5-11(8)16-9(2)27-17-23-10(7-15(26)25(16)17)6-13-12(19)3-4-14(24-13)18(20,21)22/h3-4,7-8,11H,5-6H2,1-2H3. The average Bonchev–Trinajstić information content (AvgIpc) is 3.17. The molecule has 0 saturated heterocycles. The zero-order valence-corrected chi connectivity index (χ0v) is 18.2. The Bertz CT molecular complexity index is 1110. The maximum Gasteiger partial charge on any atom is 0.337 e. The van der Waals surface area contributed by atoms with Gasteiger partial charge in [0.25, 0.3) is 5.56 Å². The van der Waals surface area contributed by atoms with Crippen molar-refractivity contribution in [1.82, 2.24) is 14.4 Å². The van der Waals surface area contributed by atoms with Crippen molar-refractivity contribution in [3.05, 3.63) is 61.2 Å². The van der Waals surface area contributed by atoms with Gasteiger partial charge in [-0.3, -0.25) is 9.20 Å². The number of halogens is 4. The summed E-state index contributed by atoms with van der Waals surface area (Å²) in [6, 6.07) is 4.05. The summed E-state index contributed by atoms with van der Waals surface area (Å²) in [7, 11) is 0. The van der Waals surface area contributed by atoms with Gasteiger partial charge in [-0.05, 0) is 31.4 Å². The number of hydrogen-bond acceptors (Lipinski definition) is 4. The molecule has 1 aliphatic carbocycles. The molecule has 0 aliphatic heterocycles. The van der Waals surface area contributed by atoms with Gasteiger partial charge in [0.05, 0.1) is 16.4 Å². The van der Waals surface area contributed by atoms with Crippen LogP contribution in [-0.2, 0) is 10.4 Å². The van der Waals surface area contributed by atoms with Crippen molar-refractivity contribution in [2.75, 3.05) is 0 Å². The summed E-state index contributed by atoms with van der Waals surface area (Å²) in [6.45, 7) is 4.17. The van der Waals surface area contributed by atoms with Crippen molar-refractivity contribution < 1.29 is 8.78 Å². The van der Waals surface area contributed by atoms with E-state index in [0.29, 0.717) is 22.5 Å². The molecule has 1 fully saturated rings. The van der Waals surface area contributed by atoms with E-state index in [-0.39, 0.29) is 28.4 Å². The van der Waals surface area contributed by atoms with Crippen molar-refractivity contribution in [2.45, 2.75) is 36.5 Å². The van der Waals surface area contributed by atoms with Crippen LogP contribution in [0.25, 0.3) is 4.96 Å². The highest BCUT2D eigenvalue weighted by Crippen LogP contribution is 2.49. The fourth-order valence-corrected chi connectivity index (χ4v) is 4.84. The van der Waals surface area contributed by atoms with Gasteiger partial charge in [-0.1, -0.05) is 18.5 Å². The van der Waals surface area contributed by atoms with Crippen molar-refractivity contribution in [3.63, 3.8) is 0 Å². The lowest BCUT2D eigenvalue weighted by atomic mass is 10.2. The third-order valence-electron chi connectivity index (χ3n) is 4.81. The lowest BCUT2D eigenvalue weighted by Gasteiger charge is -2.11. The first-order valence-corrected chi connectivity index (χ1v) is 10.7. The Morgan fingerprint density at radius 3 is 2.74 bits per heavy atom. The minimum Gasteiger partial charge on any atom is -0.269 e. The molecule has 4 rings (SSSR count). The number of nitrogens with zero attached hydrogens (tertiary/aromatic N) is 3. The SMILES string of the molecule is Cc1sc2nc(Cc3nc(C(F)(F)I)ccc3Cl)cc(=O)n2c1C1CC1C. The van der Waals surface area contributed by atoms with E-state index in [2.05, 4.69) is 16.9 Å². The van der Waals surface area contributed by atoms with E-state index in [0.717, 1.165) is 39.6 Å². The predicted octanol–water partition coefficient (Wildman–Crippen LogP) is 5.31. The summed E-state index contributed by atoms with van der Waals surface area (Å²) in [6.07, 6.45) is 1.20. The van der Waals surface area contributed by atoms with E-state index in [9.17, 15) is 13.6 Å². The molecule has 0 amide bonds. The molecule has 1 aliphatic rings. The molecule has 0 spiro atoms. The summed E-state index contributed by atoms with van der Waals surface area (Å²) in [5, 5.41) is 0.274. The molecule has 142 valence electrons. The summed E-state index contributed by atoms with van der Waals surface area (Å²) >= 11 is 8.64. The average molecular weight is 522 g/mol. The summed E-state index contributed by atoms with van der Waals surface area (Å²) in [5.41, 5.74) is 1.29. The minimum atomic E-state index is -3.09. The van der Waals surface area contributed by atoms with Crippen molar-refractivity contribution in [2.24, 2.45) is 5.92 Å². The summed E-state index contributed by atoms with van der Waals surface area (Å²) in [4.78, 5) is 23.0. The fraction of sp³-hybridized carbons (Fsp3) is 0.389. The van der Waals surface area contributed by atoms with Gasteiger partial charge in [0, 0.05) is 51.6 Å². The van der Waals surface area contributed by atoms with Gasteiger partial charge < -0.3 is 0 Å². The van der Waals surface area contributed by atoms with E-state index in [1.54, 1.807) is 4.40 Å². The quantitative estimate of drug-likeness (QED) is 0.345. The molecule has 27 heavy (non-hydrogen) atoms. The van der Waals surface area contributed by atoms with Crippen LogP contribution in [-0.4, -0.2) is 14.4 Å². The Morgan fingerprint density at radius 2 is 2.11 bits per heavy atom. The first-order valence-electron chi connectivity index (χ1n) is 8.39. The fourth-order valence-electron chi connectivity index (χ4n) is 3.30. The van der Waals surface area contributed by atoms with E-state index in [4.69, 9.17) is 11.6 Å². The molecule has 4 nitrogen and oxygen atoms in total. The van der Waals surface area contributed by atoms with Crippen molar-refractivity contribution in [3.8, 4) is 0 Å². The Hall–Kier alpha value is -1.13. The highest BCUT2D eigenvalue weighted by molar-refractivity contribution is 14.1. The second-order valence-electron chi connectivity index (χ2n) is 6.87. The number of fused-ring (bicyclic) bond motifs is 1. The number of thiazole rings is 1. The Balaban J connectivity index is 1.75. The van der Waals surface area contributed by atoms with E-state index in [1.807, 2.05) is 6.92 Å². The molecule has 3 aromatic rings. The zero-order chi connectivity index (χ0) is 19.5. The number of aryl methyl sites for hydroxylation is 1. The van der Waals surface area contributed by atoms with Gasteiger partial charge in [0.15, 0.2) is 4.96 Å². The Morgan fingerprint density at radius 1 is 1.41 bits per heavy atom. The predicted molar refractivity (Wildman–Crippen MR) is 111 cm³/mol. The Kier molecular flexibility index (Phi) is 4.79. The van der Waals surface area contributed by atoms with Crippen LogP contribution in [0.1, 0.15) is 46.9 Å². The molecule has 3 aromatic heterocycles. The van der Waals surface area contributed by atoms with Crippen LogP contribution in [0.5, 0.6) is 0 Å². The van der Waals surface area contributed by atoms with Crippen LogP contribution >= 0.6 is 45.5 Å². The molecular weight excluding hydrogens is 507 g/mol. The molecule has 2 atom stereocenters. The van der Waals surface area contributed by atoms with E-state index >= 15 is 0 Å². The normalized spacial score (nSPS) is 19.6. The third kappa shape index (κ3) is 3.63. The molecule has 3 heterocycles. The van der Waals surface area contributed by atoms with Crippen LogP contribution in [0.2, 0.25) is 5.02 Å². The summed E-state index contributed by atoms with van der Waals surface area (Å²) < 4.78 is 25.7. The Labute approximate surface area is 176 Å². The molecule has 9 heteroatoms. The second-order valence-corrected chi connectivity index (χ2v) is 9.81. The van der Waals surface area contributed by atoms with Gasteiger partial charge >= 0.3 is 3.93 Å². The molecule has 0 radical (unpaired) electrons. The number of rotatable bonds is 4. The number of pyridine rings is 1. The molecule has 1 saturated carbocycles. The molecule has 0 N–H and O–H groups in total. The van der Waals surface area contributed by atoms with Gasteiger partial charge in [-0.2, -0.15) is 8.78 Å². The van der Waals surface area contributed by atoms with Crippen LogP contribution in [0, 0.1) is 12.8 Å². The van der Waals surface area contributed by atoms with E-state index in [1.165, 1.54) is 29.5 Å². The van der Waals surface area contributed by atoms with Crippen molar-refractivity contribution >= 4 is 50.5 Å². The molecule has 2 unspecified atom stereocenters. The number of alkyl halides is 3. The zero-order valence-electron chi connectivity index (χ0n) is 14.5. The minimum absolute atomic E-state index is 0.122. The van der Waals surface area contributed by atoms with Gasteiger partial charge in [-0.25, -0.2) is 9.97 Å². The molecule has 0 aromatic carbocycles. The van der Waals surface area contributed by atoms with Crippen LogP contribution in [0.3, 0.4) is 0 Å². The highest BCUT2D eigenvalue weighted by atomic mass is 127. The van der Waals surface area contributed by atoms with Crippen LogP contribution in [0.15, 0.2) is 23.0 Å². The van der Waals surface area contributed by atoms with Gasteiger partial charge in [0.2, 0.25) is 0 Å².